The average molecular weight is 535 g/mol. The molecule has 0 aliphatic rings. The van der Waals surface area contributed by atoms with Gasteiger partial charge in [0.25, 0.3) is 0 Å². The summed E-state index contributed by atoms with van der Waals surface area (Å²) < 4.78 is 24.6. The molecule has 4 aromatic carbocycles. The highest BCUT2D eigenvalue weighted by Gasteiger charge is 2.22. The maximum atomic E-state index is 16.5. The Labute approximate surface area is 237 Å². The van der Waals surface area contributed by atoms with Crippen LogP contribution in [0.1, 0.15) is 44.2 Å². The summed E-state index contributed by atoms with van der Waals surface area (Å²) in [4.78, 5) is 0. The second-order valence-corrected chi connectivity index (χ2v) is 10.4. The predicted molar refractivity (Wildman–Crippen MR) is 166 cm³/mol. The van der Waals surface area contributed by atoms with Crippen molar-refractivity contribution in [2.45, 2.75) is 46.1 Å². The van der Waals surface area contributed by atoms with Crippen molar-refractivity contribution in [3.63, 3.8) is 0 Å². The molecule has 0 bridgehead atoms. The topological polar surface area (TPSA) is 26.2 Å². The van der Waals surface area contributed by atoms with E-state index >= 15 is 4.39 Å². The molecule has 206 valence electrons. The highest BCUT2D eigenvalue weighted by atomic mass is 19.1. The summed E-state index contributed by atoms with van der Waals surface area (Å²) in [7, 11) is 0. The van der Waals surface area contributed by atoms with Crippen LogP contribution in [0.4, 0.5) is 4.39 Å². The van der Waals surface area contributed by atoms with Gasteiger partial charge < -0.3 is 14.6 Å². The van der Waals surface area contributed by atoms with Gasteiger partial charge in [0, 0.05) is 17.5 Å². The minimum Gasteiger partial charge on any atom is -0.494 e. The number of aromatic nitrogens is 1. The molecule has 0 aliphatic heterocycles. The molecule has 0 unspecified atom stereocenters. The number of rotatable bonds is 13. The number of nitrogens with one attached hydrogen (secondary N) is 1. The molecular weight excluding hydrogens is 495 g/mol. The molecular formula is C36H39FN2O. The minimum atomic E-state index is -0.210. The van der Waals surface area contributed by atoms with Crippen molar-refractivity contribution >= 4 is 10.9 Å². The molecule has 5 aromatic rings. The van der Waals surface area contributed by atoms with E-state index in [4.69, 9.17) is 4.74 Å². The number of benzene rings is 4. The number of hydrogen-bond donors (Lipinski definition) is 1. The first-order chi connectivity index (χ1) is 19.7. The van der Waals surface area contributed by atoms with E-state index in [2.05, 4.69) is 66.2 Å². The first kappa shape index (κ1) is 27.7. The lowest BCUT2D eigenvalue weighted by atomic mass is 9.97. The van der Waals surface area contributed by atoms with Crippen LogP contribution in [0, 0.1) is 5.82 Å². The maximum absolute atomic E-state index is 16.5. The Morgan fingerprint density at radius 1 is 0.750 bits per heavy atom. The van der Waals surface area contributed by atoms with Gasteiger partial charge in [-0.2, -0.15) is 0 Å². The Morgan fingerprint density at radius 3 is 2.23 bits per heavy atom. The van der Waals surface area contributed by atoms with Crippen LogP contribution >= 0.6 is 0 Å². The van der Waals surface area contributed by atoms with Crippen LogP contribution in [0.5, 0.6) is 5.75 Å². The summed E-state index contributed by atoms with van der Waals surface area (Å²) in [6, 6.07) is 32.9. The zero-order valence-corrected chi connectivity index (χ0v) is 23.6. The third-order valence-electron chi connectivity index (χ3n) is 7.39. The third kappa shape index (κ3) is 6.29. The number of unbranched alkanes of at least 4 members (excludes halogenated alkanes) is 1. The Hall–Kier alpha value is -3.89. The summed E-state index contributed by atoms with van der Waals surface area (Å²) in [5.74, 6) is 0.499. The van der Waals surface area contributed by atoms with Crippen LogP contribution in [0.2, 0.25) is 0 Å². The quantitative estimate of drug-likeness (QED) is 0.153. The van der Waals surface area contributed by atoms with Crippen LogP contribution < -0.4 is 10.1 Å². The zero-order chi connectivity index (χ0) is 27.7. The molecule has 0 radical (unpaired) electrons. The second-order valence-electron chi connectivity index (χ2n) is 10.4. The van der Waals surface area contributed by atoms with Gasteiger partial charge in [0.2, 0.25) is 0 Å². The summed E-state index contributed by atoms with van der Waals surface area (Å²) in [5, 5.41) is 4.06. The predicted octanol–water partition coefficient (Wildman–Crippen LogP) is 8.88. The van der Waals surface area contributed by atoms with Crippen molar-refractivity contribution in [1.82, 2.24) is 9.88 Å². The van der Waals surface area contributed by atoms with Crippen LogP contribution in [0.25, 0.3) is 33.3 Å². The monoisotopic (exact) mass is 534 g/mol. The van der Waals surface area contributed by atoms with Gasteiger partial charge in [-0.1, -0.05) is 99.1 Å². The van der Waals surface area contributed by atoms with Crippen molar-refractivity contribution < 1.29 is 9.13 Å². The Morgan fingerprint density at radius 2 is 1.48 bits per heavy atom. The fraction of sp³-hybridized carbons (Fsp3) is 0.278. The number of nitrogens with zero attached hydrogens (tertiary/aromatic N) is 1. The molecule has 0 atom stereocenters. The SMILES string of the molecule is CCCCOc1ccc2c(c1)c(F)c(-c1ccccc1-c1ccccc1)n2Cc1ccc(CCNCCC)cc1. The average Bonchev–Trinajstić information content (AvgIpc) is 3.27. The van der Waals surface area contributed by atoms with Gasteiger partial charge in [0.05, 0.1) is 17.8 Å². The van der Waals surface area contributed by atoms with Crippen LogP contribution in [-0.2, 0) is 13.0 Å². The summed E-state index contributed by atoms with van der Waals surface area (Å²) >= 11 is 0. The molecule has 1 N–H and O–H groups in total. The number of fused-ring (bicyclic) bond motifs is 1. The van der Waals surface area contributed by atoms with Crippen LogP contribution in [0.15, 0.2) is 97.1 Å². The summed E-state index contributed by atoms with van der Waals surface area (Å²) in [6.45, 7) is 7.55. The van der Waals surface area contributed by atoms with Gasteiger partial charge >= 0.3 is 0 Å². The molecule has 5 rings (SSSR count). The molecule has 40 heavy (non-hydrogen) atoms. The van der Waals surface area contributed by atoms with Gasteiger partial charge in [-0.25, -0.2) is 4.39 Å². The highest BCUT2D eigenvalue weighted by molar-refractivity contribution is 5.93. The van der Waals surface area contributed by atoms with Crippen LogP contribution in [0.3, 0.4) is 0 Å². The molecule has 0 amide bonds. The Balaban J connectivity index is 1.56. The normalized spacial score (nSPS) is 11.3. The molecule has 3 nitrogen and oxygen atoms in total. The molecule has 1 aromatic heterocycles. The first-order valence-corrected chi connectivity index (χ1v) is 14.6. The van der Waals surface area contributed by atoms with Crippen LogP contribution in [-0.4, -0.2) is 24.3 Å². The van der Waals surface area contributed by atoms with E-state index in [1.54, 1.807) is 0 Å². The van der Waals surface area contributed by atoms with E-state index in [1.807, 2.05) is 54.6 Å². The van der Waals surface area contributed by atoms with E-state index in [0.29, 0.717) is 30.0 Å². The van der Waals surface area contributed by atoms with E-state index in [9.17, 15) is 0 Å². The second kappa shape index (κ2) is 13.5. The number of halogens is 1. The molecule has 0 fully saturated rings. The third-order valence-corrected chi connectivity index (χ3v) is 7.39. The van der Waals surface area contributed by atoms with Crippen molar-refractivity contribution in [2.24, 2.45) is 0 Å². The maximum Gasteiger partial charge on any atom is 0.156 e. The van der Waals surface area contributed by atoms with Gasteiger partial charge in [-0.15, -0.1) is 0 Å². The lowest BCUT2D eigenvalue weighted by molar-refractivity contribution is 0.309. The molecule has 0 saturated carbocycles. The van der Waals surface area contributed by atoms with Crippen molar-refractivity contribution in [3.8, 4) is 28.1 Å². The molecule has 1 heterocycles. The van der Waals surface area contributed by atoms with Gasteiger partial charge in [-0.3, -0.25) is 0 Å². The lowest BCUT2D eigenvalue weighted by Crippen LogP contribution is -2.17. The van der Waals surface area contributed by atoms with Crippen molar-refractivity contribution in [2.75, 3.05) is 19.7 Å². The first-order valence-electron chi connectivity index (χ1n) is 14.6. The van der Waals surface area contributed by atoms with E-state index in [0.717, 1.165) is 66.5 Å². The van der Waals surface area contributed by atoms with Gasteiger partial charge in [0.15, 0.2) is 5.82 Å². The Bertz CT molecular complexity index is 1520. The van der Waals surface area contributed by atoms with Gasteiger partial charge in [-0.05, 0) is 72.8 Å². The largest absolute Gasteiger partial charge is 0.494 e. The molecule has 4 heteroatoms. The summed E-state index contributed by atoms with van der Waals surface area (Å²) in [6.07, 6.45) is 4.17. The molecule has 0 saturated heterocycles. The zero-order valence-electron chi connectivity index (χ0n) is 23.6. The standard InChI is InChI=1S/C36H39FN2O/c1-3-5-24-40-30-19-20-34-33(25-30)35(37)36(32-14-10-9-13-31(32)29-11-7-6-8-12-29)39(34)26-28-17-15-27(16-18-28)21-23-38-22-4-2/h6-20,25,38H,3-5,21-24,26H2,1-2H3. The van der Waals surface area contributed by atoms with Crippen molar-refractivity contribution in [3.05, 3.63) is 114 Å². The van der Waals surface area contributed by atoms with Crippen molar-refractivity contribution in [1.29, 1.82) is 0 Å². The minimum absolute atomic E-state index is 0.210. The van der Waals surface area contributed by atoms with Gasteiger partial charge in [0.1, 0.15) is 5.75 Å². The number of hydrogen-bond acceptors (Lipinski definition) is 2. The Kier molecular flexibility index (Phi) is 9.30. The highest BCUT2D eigenvalue weighted by Crippen LogP contribution is 2.39. The van der Waals surface area contributed by atoms with E-state index in [1.165, 1.54) is 5.56 Å². The lowest BCUT2D eigenvalue weighted by Gasteiger charge is -2.15. The molecule has 0 aliphatic carbocycles. The number of ether oxygens (including phenoxy) is 1. The van der Waals surface area contributed by atoms with E-state index < -0.39 is 0 Å². The molecule has 0 spiro atoms. The fourth-order valence-electron chi connectivity index (χ4n) is 5.23. The smallest absolute Gasteiger partial charge is 0.156 e. The van der Waals surface area contributed by atoms with E-state index in [-0.39, 0.29) is 5.82 Å². The summed E-state index contributed by atoms with van der Waals surface area (Å²) in [5.41, 5.74) is 6.89. The fourth-order valence-corrected chi connectivity index (χ4v) is 5.23.